The first-order valence-corrected chi connectivity index (χ1v) is 6.98. The summed E-state index contributed by atoms with van der Waals surface area (Å²) in [6, 6.07) is 11.9. The van der Waals surface area contributed by atoms with E-state index in [4.69, 9.17) is 5.73 Å². The van der Waals surface area contributed by atoms with Gasteiger partial charge in [-0.25, -0.2) is 0 Å². The van der Waals surface area contributed by atoms with Crippen molar-refractivity contribution >= 4 is 16.6 Å². The first kappa shape index (κ1) is 13.6. The summed E-state index contributed by atoms with van der Waals surface area (Å²) in [5.41, 5.74) is 8.87. The Labute approximate surface area is 123 Å². The van der Waals surface area contributed by atoms with Crippen molar-refractivity contribution in [3.05, 3.63) is 54.5 Å². The fraction of sp³-hybridized carbons (Fsp3) is 0.235. The Hall–Kier alpha value is -2.33. The second kappa shape index (κ2) is 4.90. The van der Waals surface area contributed by atoms with Crippen LogP contribution in [0.5, 0.6) is 0 Å². The van der Waals surface area contributed by atoms with E-state index in [2.05, 4.69) is 4.98 Å². The Morgan fingerprint density at radius 2 is 1.95 bits per heavy atom. The van der Waals surface area contributed by atoms with Crippen LogP contribution in [0.1, 0.15) is 19.5 Å². The molecule has 0 bridgehead atoms. The first-order chi connectivity index (χ1) is 9.96. The smallest absolute Gasteiger partial charge is 0.0794 e. The molecule has 0 amide bonds. The van der Waals surface area contributed by atoms with E-state index in [1.807, 2.05) is 47.2 Å². The number of fused-ring (bicyclic) bond motifs is 1. The third-order valence-corrected chi connectivity index (χ3v) is 3.46. The molecule has 3 rings (SSSR count). The molecule has 0 fully saturated rings. The summed E-state index contributed by atoms with van der Waals surface area (Å²) >= 11 is 0. The highest BCUT2D eigenvalue weighted by atomic mass is 16.3. The van der Waals surface area contributed by atoms with Crippen LogP contribution in [0.4, 0.5) is 5.69 Å². The number of aliphatic hydroxyl groups is 1. The topological polar surface area (TPSA) is 64.1 Å². The Morgan fingerprint density at radius 3 is 2.71 bits per heavy atom. The van der Waals surface area contributed by atoms with E-state index in [1.165, 1.54) is 0 Å². The number of anilines is 1. The fourth-order valence-electron chi connectivity index (χ4n) is 2.63. The highest BCUT2D eigenvalue weighted by Gasteiger charge is 2.18. The lowest BCUT2D eigenvalue weighted by Crippen LogP contribution is -2.23. The molecule has 3 N–H and O–H groups in total. The van der Waals surface area contributed by atoms with Gasteiger partial charge in [0.2, 0.25) is 0 Å². The van der Waals surface area contributed by atoms with Gasteiger partial charge in [-0.1, -0.05) is 18.2 Å². The van der Waals surface area contributed by atoms with Crippen molar-refractivity contribution in [2.45, 2.75) is 25.9 Å². The molecular formula is C17H19N3O. The van der Waals surface area contributed by atoms with Gasteiger partial charge < -0.3 is 15.4 Å². The lowest BCUT2D eigenvalue weighted by Gasteiger charge is -2.20. The van der Waals surface area contributed by atoms with Crippen molar-refractivity contribution in [1.82, 2.24) is 9.55 Å². The van der Waals surface area contributed by atoms with Gasteiger partial charge in [-0.2, -0.15) is 0 Å². The fourth-order valence-corrected chi connectivity index (χ4v) is 2.63. The van der Waals surface area contributed by atoms with Crippen molar-refractivity contribution in [2.24, 2.45) is 0 Å². The van der Waals surface area contributed by atoms with Crippen LogP contribution in [0.15, 0.2) is 48.8 Å². The quantitative estimate of drug-likeness (QED) is 0.776. The van der Waals surface area contributed by atoms with Crippen LogP contribution >= 0.6 is 0 Å². The number of nitrogens with two attached hydrogens (primary N) is 1. The molecule has 0 unspecified atom stereocenters. The number of hydrogen-bond acceptors (Lipinski definition) is 3. The minimum Gasteiger partial charge on any atom is -0.396 e. The highest BCUT2D eigenvalue weighted by molar-refractivity contribution is 5.92. The second-order valence-electron chi connectivity index (χ2n) is 5.94. The second-order valence-corrected chi connectivity index (χ2v) is 5.94. The van der Waals surface area contributed by atoms with Gasteiger partial charge in [-0.05, 0) is 32.0 Å². The number of pyridine rings is 1. The van der Waals surface area contributed by atoms with E-state index in [1.54, 1.807) is 20.0 Å². The third kappa shape index (κ3) is 2.62. The Kier molecular flexibility index (Phi) is 3.18. The molecule has 21 heavy (non-hydrogen) atoms. The van der Waals surface area contributed by atoms with Crippen LogP contribution in [-0.4, -0.2) is 20.3 Å². The van der Waals surface area contributed by atoms with Gasteiger partial charge in [0.05, 0.1) is 28.7 Å². The highest BCUT2D eigenvalue weighted by Crippen LogP contribution is 2.28. The van der Waals surface area contributed by atoms with Gasteiger partial charge >= 0.3 is 0 Å². The molecular weight excluding hydrogens is 262 g/mol. The monoisotopic (exact) mass is 281 g/mol. The lowest BCUT2D eigenvalue weighted by atomic mass is 10.0. The van der Waals surface area contributed by atoms with Gasteiger partial charge in [0.25, 0.3) is 0 Å². The van der Waals surface area contributed by atoms with E-state index in [-0.39, 0.29) is 0 Å². The number of rotatable bonds is 3. The number of para-hydroxylation sites is 1. The summed E-state index contributed by atoms with van der Waals surface area (Å²) in [7, 11) is 0. The van der Waals surface area contributed by atoms with Crippen LogP contribution in [0, 0.1) is 0 Å². The summed E-state index contributed by atoms with van der Waals surface area (Å²) in [6.45, 7) is 3.61. The zero-order valence-electron chi connectivity index (χ0n) is 12.2. The van der Waals surface area contributed by atoms with Crippen LogP contribution in [0.3, 0.4) is 0 Å². The molecule has 0 radical (unpaired) electrons. The van der Waals surface area contributed by atoms with Gasteiger partial charge in [-0.15, -0.1) is 0 Å². The maximum Gasteiger partial charge on any atom is 0.0794 e. The van der Waals surface area contributed by atoms with Crippen molar-refractivity contribution < 1.29 is 5.11 Å². The number of aromatic nitrogens is 2. The molecule has 4 nitrogen and oxygen atoms in total. The zero-order chi connectivity index (χ0) is 15.0. The maximum atomic E-state index is 10.1. The number of benzene rings is 1. The standard InChI is InChI=1S/C17H19N3O/c1-17(2,21)10-12-6-5-9-20(12)16-13-7-3-4-8-15(13)19-11-14(16)18/h3-9,11,21H,10,18H2,1-2H3. The molecule has 0 aliphatic carbocycles. The maximum absolute atomic E-state index is 10.1. The predicted molar refractivity (Wildman–Crippen MR) is 85.5 cm³/mol. The number of hydrogen-bond donors (Lipinski definition) is 2. The Balaban J connectivity index is 2.22. The van der Waals surface area contributed by atoms with Gasteiger partial charge in [-0.3, -0.25) is 4.98 Å². The van der Waals surface area contributed by atoms with Crippen molar-refractivity contribution in [3.8, 4) is 5.69 Å². The van der Waals surface area contributed by atoms with Gasteiger partial charge in [0.15, 0.2) is 0 Å². The molecule has 2 heterocycles. The van der Waals surface area contributed by atoms with Crippen molar-refractivity contribution in [3.63, 3.8) is 0 Å². The summed E-state index contributed by atoms with van der Waals surface area (Å²) < 4.78 is 2.04. The lowest BCUT2D eigenvalue weighted by molar-refractivity contribution is 0.0795. The van der Waals surface area contributed by atoms with Crippen molar-refractivity contribution in [2.75, 3.05) is 5.73 Å². The normalized spacial score (nSPS) is 12.0. The van der Waals surface area contributed by atoms with E-state index in [9.17, 15) is 5.11 Å². The summed E-state index contributed by atoms with van der Waals surface area (Å²) in [4.78, 5) is 4.37. The van der Waals surface area contributed by atoms with Crippen LogP contribution in [0.2, 0.25) is 0 Å². The zero-order valence-corrected chi connectivity index (χ0v) is 12.2. The Morgan fingerprint density at radius 1 is 1.19 bits per heavy atom. The molecule has 108 valence electrons. The molecule has 0 saturated carbocycles. The number of nitrogens with zero attached hydrogens (tertiary/aromatic N) is 2. The summed E-state index contributed by atoms with van der Waals surface area (Å²) in [5.74, 6) is 0. The molecule has 2 aromatic heterocycles. The Bertz CT molecular complexity index is 784. The minimum absolute atomic E-state index is 0.552. The summed E-state index contributed by atoms with van der Waals surface area (Å²) in [6.07, 6.45) is 4.21. The van der Waals surface area contributed by atoms with Crippen LogP contribution < -0.4 is 5.73 Å². The van der Waals surface area contributed by atoms with Gasteiger partial charge in [0.1, 0.15) is 0 Å². The summed E-state index contributed by atoms with van der Waals surface area (Å²) in [5, 5.41) is 11.1. The molecule has 3 aromatic rings. The number of nitrogen functional groups attached to an aromatic ring is 1. The molecule has 0 aliphatic heterocycles. The SMILES string of the molecule is CC(C)(O)Cc1cccn1-c1c(N)cnc2ccccc12. The van der Waals surface area contributed by atoms with Crippen LogP contribution in [-0.2, 0) is 6.42 Å². The van der Waals surface area contributed by atoms with E-state index in [0.29, 0.717) is 12.1 Å². The van der Waals surface area contributed by atoms with E-state index < -0.39 is 5.60 Å². The molecule has 0 aliphatic rings. The third-order valence-electron chi connectivity index (χ3n) is 3.46. The largest absolute Gasteiger partial charge is 0.396 e. The van der Waals surface area contributed by atoms with Crippen LogP contribution in [0.25, 0.3) is 16.6 Å². The first-order valence-electron chi connectivity index (χ1n) is 6.98. The molecule has 4 heteroatoms. The molecule has 0 spiro atoms. The average Bonchev–Trinajstić information content (AvgIpc) is 2.84. The molecule has 1 aromatic carbocycles. The van der Waals surface area contributed by atoms with E-state index in [0.717, 1.165) is 22.3 Å². The predicted octanol–water partition coefficient (Wildman–Crippen LogP) is 2.92. The molecule has 0 atom stereocenters. The van der Waals surface area contributed by atoms with Crippen molar-refractivity contribution in [1.29, 1.82) is 0 Å². The van der Waals surface area contributed by atoms with E-state index >= 15 is 0 Å². The molecule has 0 saturated heterocycles. The van der Waals surface area contributed by atoms with Gasteiger partial charge in [0, 0.05) is 23.7 Å². The average molecular weight is 281 g/mol. The minimum atomic E-state index is -0.770.